The van der Waals surface area contributed by atoms with Gasteiger partial charge < -0.3 is 9.15 Å². The zero-order valence-electron chi connectivity index (χ0n) is 10.9. The van der Waals surface area contributed by atoms with Crippen LogP contribution in [-0.2, 0) is 7.05 Å². The molecule has 5 nitrogen and oxygen atoms in total. The summed E-state index contributed by atoms with van der Waals surface area (Å²) in [7, 11) is 3.23. The molecule has 2 aromatic heterocycles. The number of nitrogens with zero attached hydrogens (tertiary/aromatic N) is 2. The van der Waals surface area contributed by atoms with Crippen LogP contribution in [0.3, 0.4) is 0 Å². The molecule has 20 heavy (non-hydrogen) atoms. The summed E-state index contributed by atoms with van der Waals surface area (Å²) in [5.41, 5.74) is 0.955. The average molecular weight is 291 g/mol. The lowest BCUT2D eigenvalue weighted by molar-refractivity contribution is 0.100. The third-order valence-corrected chi connectivity index (χ3v) is 3.26. The van der Waals surface area contributed by atoms with Gasteiger partial charge in [-0.3, -0.25) is 9.48 Å². The monoisotopic (exact) mass is 290 g/mol. The largest absolute Gasteiger partial charge is 0.493 e. The maximum atomic E-state index is 12.4. The normalized spacial score (nSPS) is 10.9. The van der Waals surface area contributed by atoms with Crippen LogP contribution < -0.4 is 4.74 Å². The Hall–Kier alpha value is -2.27. The first-order chi connectivity index (χ1) is 9.60. The van der Waals surface area contributed by atoms with E-state index in [1.807, 2.05) is 0 Å². The quantitative estimate of drug-likeness (QED) is 0.696. The van der Waals surface area contributed by atoms with Gasteiger partial charge in [-0.05, 0) is 18.2 Å². The van der Waals surface area contributed by atoms with Crippen LogP contribution in [0.5, 0.6) is 5.75 Å². The standard InChI is InChI=1S/C14H11ClN2O3/c1-17-10(3-4-16-17)13(18)11-6-8-5-9(15)7-12(19-2)14(8)20-11/h3-7H,1-2H3. The number of rotatable bonds is 3. The number of hydrogen-bond acceptors (Lipinski definition) is 4. The van der Waals surface area contributed by atoms with Crippen molar-refractivity contribution in [1.82, 2.24) is 9.78 Å². The summed E-state index contributed by atoms with van der Waals surface area (Å²) >= 11 is 6.00. The van der Waals surface area contributed by atoms with Crippen LogP contribution >= 0.6 is 11.6 Å². The van der Waals surface area contributed by atoms with Gasteiger partial charge in [0.1, 0.15) is 5.69 Å². The zero-order valence-corrected chi connectivity index (χ0v) is 11.6. The van der Waals surface area contributed by atoms with Crippen molar-refractivity contribution in [2.45, 2.75) is 0 Å². The Balaban J connectivity index is 2.14. The van der Waals surface area contributed by atoms with Gasteiger partial charge in [-0.2, -0.15) is 5.10 Å². The fraction of sp³-hybridized carbons (Fsp3) is 0.143. The smallest absolute Gasteiger partial charge is 0.246 e. The summed E-state index contributed by atoms with van der Waals surface area (Å²) < 4.78 is 12.3. The second-order valence-corrected chi connectivity index (χ2v) is 4.74. The highest BCUT2D eigenvalue weighted by molar-refractivity contribution is 6.31. The van der Waals surface area contributed by atoms with Crippen molar-refractivity contribution in [2.75, 3.05) is 7.11 Å². The van der Waals surface area contributed by atoms with E-state index in [2.05, 4.69) is 5.10 Å². The number of fused-ring (bicyclic) bond motifs is 1. The van der Waals surface area contributed by atoms with Crippen molar-refractivity contribution in [2.24, 2.45) is 7.05 Å². The van der Waals surface area contributed by atoms with Crippen LogP contribution in [0.15, 0.2) is 34.9 Å². The molecule has 0 aliphatic rings. The second kappa shape index (κ2) is 4.68. The Morgan fingerprint density at radius 1 is 1.40 bits per heavy atom. The summed E-state index contributed by atoms with van der Waals surface area (Å²) in [6.07, 6.45) is 1.56. The molecular formula is C14H11ClN2O3. The molecule has 6 heteroatoms. The van der Waals surface area contributed by atoms with Gasteiger partial charge in [0, 0.05) is 29.7 Å². The molecule has 0 saturated carbocycles. The maximum Gasteiger partial charge on any atom is 0.246 e. The van der Waals surface area contributed by atoms with Crippen LogP contribution in [0.1, 0.15) is 16.2 Å². The van der Waals surface area contributed by atoms with Crippen molar-refractivity contribution in [3.05, 3.63) is 46.9 Å². The van der Waals surface area contributed by atoms with E-state index in [9.17, 15) is 4.79 Å². The van der Waals surface area contributed by atoms with Crippen LogP contribution in [-0.4, -0.2) is 22.7 Å². The van der Waals surface area contributed by atoms with E-state index in [4.69, 9.17) is 20.8 Å². The number of carbonyl (C=O) groups is 1. The number of ether oxygens (including phenoxy) is 1. The molecular weight excluding hydrogens is 280 g/mol. The van der Waals surface area contributed by atoms with E-state index in [0.717, 1.165) is 5.39 Å². The highest BCUT2D eigenvalue weighted by Gasteiger charge is 2.19. The molecule has 0 radical (unpaired) electrons. The first-order valence-corrected chi connectivity index (χ1v) is 6.27. The van der Waals surface area contributed by atoms with E-state index in [1.165, 1.54) is 11.8 Å². The molecule has 0 amide bonds. The molecule has 2 heterocycles. The van der Waals surface area contributed by atoms with E-state index >= 15 is 0 Å². The molecule has 1 aromatic carbocycles. The van der Waals surface area contributed by atoms with E-state index < -0.39 is 0 Å². The Morgan fingerprint density at radius 2 is 2.20 bits per heavy atom. The molecule has 0 atom stereocenters. The van der Waals surface area contributed by atoms with Gasteiger partial charge in [-0.15, -0.1) is 0 Å². The molecule has 0 N–H and O–H groups in total. The Bertz CT molecular complexity index is 804. The van der Waals surface area contributed by atoms with Crippen molar-refractivity contribution >= 4 is 28.4 Å². The first-order valence-electron chi connectivity index (χ1n) is 5.90. The number of hydrogen-bond donors (Lipinski definition) is 0. The van der Waals surface area contributed by atoms with Gasteiger partial charge >= 0.3 is 0 Å². The highest BCUT2D eigenvalue weighted by Crippen LogP contribution is 2.32. The zero-order chi connectivity index (χ0) is 14.3. The maximum absolute atomic E-state index is 12.4. The number of aromatic nitrogens is 2. The van der Waals surface area contributed by atoms with E-state index in [1.54, 1.807) is 37.5 Å². The van der Waals surface area contributed by atoms with Crippen LogP contribution in [0, 0.1) is 0 Å². The molecule has 0 fully saturated rings. The van der Waals surface area contributed by atoms with Crippen LogP contribution in [0.4, 0.5) is 0 Å². The summed E-state index contributed by atoms with van der Waals surface area (Å²) in [5.74, 6) is 0.486. The molecule has 0 unspecified atom stereocenters. The molecule has 0 bridgehead atoms. The van der Waals surface area contributed by atoms with Crippen molar-refractivity contribution < 1.29 is 13.9 Å². The predicted octanol–water partition coefficient (Wildman–Crippen LogP) is 3.06. The van der Waals surface area contributed by atoms with Crippen molar-refractivity contribution in [1.29, 1.82) is 0 Å². The van der Waals surface area contributed by atoms with Gasteiger partial charge in [0.2, 0.25) is 5.78 Å². The molecule has 0 aliphatic carbocycles. The molecule has 3 aromatic rings. The fourth-order valence-corrected chi connectivity index (χ4v) is 2.29. The summed E-state index contributed by atoms with van der Waals surface area (Å²) in [6.45, 7) is 0. The second-order valence-electron chi connectivity index (χ2n) is 4.31. The summed E-state index contributed by atoms with van der Waals surface area (Å²) in [5, 5.41) is 5.22. The summed E-state index contributed by atoms with van der Waals surface area (Å²) in [6, 6.07) is 6.66. The Labute approximate surface area is 119 Å². The van der Waals surface area contributed by atoms with Gasteiger partial charge in [-0.1, -0.05) is 11.6 Å². The number of ketones is 1. The number of aryl methyl sites for hydroxylation is 1. The summed E-state index contributed by atoms with van der Waals surface area (Å²) in [4.78, 5) is 12.4. The average Bonchev–Trinajstić information content (AvgIpc) is 3.02. The molecule has 0 aliphatic heterocycles. The molecule has 3 rings (SSSR count). The van der Waals surface area contributed by atoms with Crippen LogP contribution in [0.2, 0.25) is 5.02 Å². The predicted molar refractivity (Wildman–Crippen MR) is 74.4 cm³/mol. The Morgan fingerprint density at radius 3 is 2.85 bits per heavy atom. The topological polar surface area (TPSA) is 57.3 Å². The number of carbonyl (C=O) groups excluding carboxylic acids is 1. The number of halogens is 1. The van der Waals surface area contributed by atoms with Gasteiger partial charge in [0.05, 0.1) is 7.11 Å². The highest BCUT2D eigenvalue weighted by atomic mass is 35.5. The first kappa shape index (κ1) is 12.7. The van der Waals surface area contributed by atoms with Crippen molar-refractivity contribution in [3.63, 3.8) is 0 Å². The SMILES string of the molecule is COc1cc(Cl)cc2cc(C(=O)c3ccnn3C)oc12. The molecule has 0 spiro atoms. The van der Waals surface area contributed by atoms with Gasteiger partial charge in [-0.25, -0.2) is 0 Å². The number of methoxy groups -OCH3 is 1. The van der Waals surface area contributed by atoms with Crippen LogP contribution in [0.25, 0.3) is 11.0 Å². The number of benzene rings is 1. The van der Waals surface area contributed by atoms with E-state index in [0.29, 0.717) is 22.0 Å². The van der Waals surface area contributed by atoms with Crippen molar-refractivity contribution in [3.8, 4) is 5.75 Å². The molecule has 102 valence electrons. The Kier molecular flexibility index (Phi) is 2.99. The van der Waals surface area contributed by atoms with Gasteiger partial charge in [0.15, 0.2) is 17.1 Å². The minimum Gasteiger partial charge on any atom is -0.493 e. The molecule has 0 saturated heterocycles. The van der Waals surface area contributed by atoms with Gasteiger partial charge in [0.25, 0.3) is 0 Å². The third kappa shape index (κ3) is 1.96. The lowest BCUT2D eigenvalue weighted by Gasteiger charge is -2.00. The third-order valence-electron chi connectivity index (χ3n) is 3.04. The minimum absolute atomic E-state index is 0.226. The lowest BCUT2D eigenvalue weighted by atomic mass is 10.2. The van der Waals surface area contributed by atoms with E-state index in [-0.39, 0.29) is 11.5 Å². The number of furan rings is 1. The lowest BCUT2D eigenvalue weighted by Crippen LogP contribution is -2.07. The minimum atomic E-state index is -0.237. The fourth-order valence-electron chi connectivity index (χ4n) is 2.07.